The summed E-state index contributed by atoms with van der Waals surface area (Å²) in [5, 5.41) is 49.3. The summed E-state index contributed by atoms with van der Waals surface area (Å²) in [7, 11) is 0. The molecule has 0 radical (unpaired) electrons. The first kappa shape index (κ1) is 19.2. The van der Waals surface area contributed by atoms with Crippen LogP contribution in [0.3, 0.4) is 0 Å². The van der Waals surface area contributed by atoms with Crippen LogP contribution in [-0.2, 0) is 6.42 Å². The second-order valence-electron chi connectivity index (χ2n) is 6.41. The summed E-state index contributed by atoms with van der Waals surface area (Å²) in [5.74, 6) is -4.16. The predicted octanol–water partition coefficient (Wildman–Crippen LogP) is 4.90. The molecule has 0 aliphatic rings. The third-order valence-electron chi connectivity index (χ3n) is 4.83. The lowest BCUT2D eigenvalue weighted by atomic mass is 9.91. The van der Waals surface area contributed by atoms with Crippen LogP contribution in [-0.4, -0.2) is 25.5 Å². The second kappa shape index (κ2) is 7.56. The Bertz CT molecular complexity index is 1020. The highest BCUT2D eigenvalue weighted by molar-refractivity contribution is 5.87. The molecule has 0 saturated heterocycles. The van der Waals surface area contributed by atoms with Crippen molar-refractivity contribution < 1.29 is 25.5 Å². The molecule has 0 atom stereocenters. The quantitative estimate of drug-likeness (QED) is 0.328. The van der Waals surface area contributed by atoms with Gasteiger partial charge in [-0.15, -0.1) is 0 Å². The number of benzene rings is 3. The maximum absolute atomic E-state index is 10.1. The van der Waals surface area contributed by atoms with Crippen LogP contribution in [0.2, 0.25) is 0 Å². The monoisotopic (exact) mass is 378 g/mol. The smallest absolute Gasteiger partial charge is 0.208 e. The SMILES string of the molecule is C/C=C(/c1ccc(-c2c(O)c(O)c(O)c(O)c2O)cc1)c1ccccc1CC. The van der Waals surface area contributed by atoms with Crippen LogP contribution >= 0.6 is 0 Å². The van der Waals surface area contributed by atoms with Crippen molar-refractivity contribution >= 4 is 5.57 Å². The third kappa shape index (κ3) is 3.11. The van der Waals surface area contributed by atoms with Crippen LogP contribution in [0.25, 0.3) is 16.7 Å². The minimum atomic E-state index is -0.970. The van der Waals surface area contributed by atoms with E-state index in [4.69, 9.17) is 0 Å². The van der Waals surface area contributed by atoms with Gasteiger partial charge in [-0.1, -0.05) is 61.5 Å². The van der Waals surface area contributed by atoms with Crippen molar-refractivity contribution in [2.24, 2.45) is 0 Å². The van der Waals surface area contributed by atoms with Crippen LogP contribution in [0.15, 0.2) is 54.6 Å². The number of phenols is 5. The summed E-state index contributed by atoms with van der Waals surface area (Å²) in [6, 6.07) is 15.1. The van der Waals surface area contributed by atoms with Crippen molar-refractivity contribution in [3.63, 3.8) is 0 Å². The van der Waals surface area contributed by atoms with E-state index in [0.717, 1.165) is 23.1 Å². The summed E-state index contributed by atoms with van der Waals surface area (Å²) >= 11 is 0. The van der Waals surface area contributed by atoms with Gasteiger partial charge in [-0.05, 0) is 41.2 Å². The van der Waals surface area contributed by atoms with Gasteiger partial charge in [-0.25, -0.2) is 0 Å². The number of rotatable bonds is 4. The molecule has 0 spiro atoms. The zero-order valence-electron chi connectivity index (χ0n) is 15.6. The second-order valence-corrected chi connectivity index (χ2v) is 6.41. The van der Waals surface area contributed by atoms with Crippen molar-refractivity contribution in [3.8, 4) is 39.9 Å². The van der Waals surface area contributed by atoms with Gasteiger partial charge in [0, 0.05) is 0 Å². The molecule has 5 N–H and O–H groups in total. The van der Waals surface area contributed by atoms with Crippen molar-refractivity contribution in [2.75, 3.05) is 0 Å². The lowest BCUT2D eigenvalue weighted by Gasteiger charge is -2.15. The predicted molar refractivity (Wildman–Crippen MR) is 109 cm³/mol. The van der Waals surface area contributed by atoms with Crippen LogP contribution in [0.4, 0.5) is 0 Å². The number of hydrogen-bond acceptors (Lipinski definition) is 5. The largest absolute Gasteiger partial charge is 0.504 e. The van der Waals surface area contributed by atoms with Gasteiger partial charge in [0.2, 0.25) is 17.2 Å². The van der Waals surface area contributed by atoms with Gasteiger partial charge in [-0.3, -0.25) is 0 Å². The minimum Gasteiger partial charge on any atom is -0.504 e. The van der Waals surface area contributed by atoms with Gasteiger partial charge in [0.05, 0.1) is 5.56 Å². The van der Waals surface area contributed by atoms with E-state index in [1.54, 1.807) is 12.1 Å². The normalized spacial score (nSPS) is 11.6. The molecule has 5 heteroatoms. The topological polar surface area (TPSA) is 101 Å². The third-order valence-corrected chi connectivity index (χ3v) is 4.83. The van der Waals surface area contributed by atoms with Crippen LogP contribution < -0.4 is 0 Å². The molecule has 0 aliphatic carbocycles. The molecule has 0 bridgehead atoms. The first-order valence-corrected chi connectivity index (χ1v) is 8.94. The molecule has 0 aromatic heterocycles. The number of allylic oxidation sites excluding steroid dienone is 1. The van der Waals surface area contributed by atoms with E-state index in [9.17, 15) is 25.5 Å². The molecule has 0 saturated carbocycles. The molecule has 144 valence electrons. The highest BCUT2D eigenvalue weighted by Gasteiger charge is 2.24. The molecule has 28 heavy (non-hydrogen) atoms. The van der Waals surface area contributed by atoms with Crippen molar-refractivity contribution in [1.82, 2.24) is 0 Å². The molecule has 3 aromatic rings. The highest BCUT2D eigenvalue weighted by atomic mass is 16.4. The number of phenolic OH excluding ortho intramolecular Hbond substituents is 5. The number of aryl methyl sites for hydroxylation is 1. The highest BCUT2D eigenvalue weighted by Crippen LogP contribution is 2.54. The van der Waals surface area contributed by atoms with Gasteiger partial charge < -0.3 is 25.5 Å². The minimum absolute atomic E-state index is 0.157. The summed E-state index contributed by atoms with van der Waals surface area (Å²) in [5.41, 5.74) is 4.57. The van der Waals surface area contributed by atoms with Crippen LogP contribution in [0.1, 0.15) is 30.5 Å². The van der Waals surface area contributed by atoms with E-state index in [1.165, 1.54) is 5.56 Å². The molecule has 3 aromatic carbocycles. The number of hydrogen-bond donors (Lipinski definition) is 5. The van der Waals surface area contributed by atoms with E-state index < -0.39 is 28.7 Å². The lowest BCUT2D eigenvalue weighted by molar-refractivity contribution is 0.330. The molecule has 3 rings (SSSR count). The van der Waals surface area contributed by atoms with Crippen molar-refractivity contribution in [3.05, 3.63) is 71.3 Å². The Morgan fingerprint density at radius 2 is 1.29 bits per heavy atom. The fourth-order valence-electron chi connectivity index (χ4n) is 3.34. The van der Waals surface area contributed by atoms with Gasteiger partial charge in [0.25, 0.3) is 0 Å². The maximum atomic E-state index is 10.1. The Morgan fingerprint density at radius 3 is 1.82 bits per heavy atom. The van der Waals surface area contributed by atoms with E-state index in [2.05, 4.69) is 19.1 Å². The fraction of sp³-hybridized carbons (Fsp3) is 0.130. The fourth-order valence-corrected chi connectivity index (χ4v) is 3.34. The molecule has 5 nitrogen and oxygen atoms in total. The zero-order valence-corrected chi connectivity index (χ0v) is 15.6. The first-order chi connectivity index (χ1) is 13.4. The molecule has 0 unspecified atom stereocenters. The summed E-state index contributed by atoms with van der Waals surface area (Å²) in [4.78, 5) is 0. The summed E-state index contributed by atoms with van der Waals surface area (Å²) < 4.78 is 0. The van der Waals surface area contributed by atoms with Gasteiger partial charge in [-0.2, -0.15) is 0 Å². The Labute approximate surface area is 163 Å². The van der Waals surface area contributed by atoms with E-state index >= 15 is 0 Å². The molecule has 0 amide bonds. The average molecular weight is 378 g/mol. The Morgan fingerprint density at radius 1 is 0.750 bits per heavy atom. The first-order valence-electron chi connectivity index (χ1n) is 8.94. The van der Waals surface area contributed by atoms with E-state index in [0.29, 0.717) is 5.56 Å². The van der Waals surface area contributed by atoms with Gasteiger partial charge >= 0.3 is 0 Å². The average Bonchev–Trinajstić information content (AvgIpc) is 2.73. The zero-order chi connectivity index (χ0) is 20.4. The Balaban J connectivity index is 2.08. The maximum Gasteiger partial charge on any atom is 0.208 e. The summed E-state index contributed by atoms with van der Waals surface area (Å²) in [6.07, 6.45) is 2.93. The lowest BCUT2D eigenvalue weighted by Crippen LogP contribution is -1.94. The van der Waals surface area contributed by atoms with E-state index in [-0.39, 0.29) is 5.56 Å². The summed E-state index contributed by atoms with van der Waals surface area (Å²) in [6.45, 7) is 4.06. The Hall–Kier alpha value is -3.60. The molecular formula is C23H22O5. The van der Waals surface area contributed by atoms with Crippen LogP contribution in [0.5, 0.6) is 28.7 Å². The molecule has 0 fully saturated rings. The molecule has 0 aliphatic heterocycles. The van der Waals surface area contributed by atoms with Crippen molar-refractivity contribution in [1.29, 1.82) is 0 Å². The molecule has 0 heterocycles. The van der Waals surface area contributed by atoms with Gasteiger partial charge in [0.1, 0.15) is 0 Å². The Kier molecular flexibility index (Phi) is 5.18. The number of aromatic hydroxyl groups is 5. The molecular weight excluding hydrogens is 356 g/mol. The van der Waals surface area contributed by atoms with Crippen LogP contribution in [0, 0.1) is 0 Å². The van der Waals surface area contributed by atoms with Crippen molar-refractivity contribution in [2.45, 2.75) is 20.3 Å². The van der Waals surface area contributed by atoms with E-state index in [1.807, 2.05) is 37.3 Å². The van der Waals surface area contributed by atoms with Gasteiger partial charge in [0.15, 0.2) is 11.5 Å². The standard InChI is InChI=1S/C23H22O5/c1-3-13-7-5-6-8-17(13)16(4-2)14-9-11-15(12-10-14)18-19(24)21(26)23(28)22(27)20(18)25/h4-12,24-28H,3H2,1-2H3/b16-4-.